The Bertz CT molecular complexity index is 1340. The van der Waals surface area contributed by atoms with Crippen LogP contribution in [0.4, 0.5) is 0 Å². The number of hydrogen-bond acceptors (Lipinski definition) is 3. The minimum atomic E-state index is 0.176. The maximum absolute atomic E-state index is 6.31. The number of rotatable bonds is 4. The average Bonchev–Trinajstić information content (AvgIpc) is 2.85. The van der Waals surface area contributed by atoms with Crippen molar-refractivity contribution in [2.45, 2.75) is 0 Å². The van der Waals surface area contributed by atoms with Crippen molar-refractivity contribution in [2.24, 2.45) is 0 Å². The zero-order chi connectivity index (χ0) is 21.0. The van der Waals surface area contributed by atoms with Gasteiger partial charge in [-0.3, -0.25) is 0 Å². The third kappa shape index (κ3) is 3.96. The van der Waals surface area contributed by atoms with Gasteiger partial charge in [-0.05, 0) is 33.9 Å². The van der Waals surface area contributed by atoms with Gasteiger partial charge in [0, 0.05) is 11.1 Å². The van der Waals surface area contributed by atoms with E-state index in [1.165, 1.54) is 0 Å². The van der Waals surface area contributed by atoms with E-state index in [1.807, 2.05) is 60.7 Å². The summed E-state index contributed by atoms with van der Waals surface area (Å²) in [6, 6.07) is 36.7. The van der Waals surface area contributed by atoms with E-state index in [9.17, 15) is 0 Å². The third-order valence-electron chi connectivity index (χ3n) is 5.11. The van der Waals surface area contributed by atoms with Crippen molar-refractivity contribution >= 4 is 11.6 Å². The summed E-state index contributed by atoms with van der Waals surface area (Å²) in [4.78, 5) is 13.6. The molecule has 0 aliphatic heterocycles. The molecule has 0 unspecified atom stereocenters. The second-order valence-electron chi connectivity index (χ2n) is 7.07. The lowest BCUT2D eigenvalue weighted by Crippen LogP contribution is -1.98. The molecule has 3 nitrogen and oxygen atoms in total. The predicted molar refractivity (Wildman–Crippen MR) is 127 cm³/mol. The molecule has 4 heteroatoms. The Morgan fingerprint density at radius 2 is 0.839 bits per heavy atom. The highest BCUT2D eigenvalue weighted by molar-refractivity contribution is 6.28. The lowest BCUT2D eigenvalue weighted by molar-refractivity contribution is 1.07. The van der Waals surface area contributed by atoms with Crippen molar-refractivity contribution in [1.29, 1.82) is 0 Å². The first-order valence-electron chi connectivity index (χ1n) is 10.0. The van der Waals surface area contributed by atoms with Gasteiger partial charge in [0.2, 0.25) is 5.28 Å². The summed E-state index contributed by atoms with van der Waals surface area (Å²) in [5, 5.41) is 0.176. The number of aromatic nitrogens is 3. The highest BCUT2D eigenvalue weighted by Crippen LogP contribution is 2.37. The van der Waals surface area contributed by atoms with Crippen LogP contribution >= 0.6 is 11.6 Å². The van der Waals surface area contributed by atoms with E-state index in [1.54, 1.807) is 0 Å². The SMILES string of the molecule is Clc1nc(-c2ccccc2)nc(-c2ccccc2-c2ccccc2-c2ccccc2)n1. The Balaban J connectivity index is 1.69. The summed E-state index contributed by atoms with van der Waals surface area (Å²) in [5.74, 6) is 1.11. The van der Waals surface area contributed by atoms with E-state index in [4.69, 9.17) is 16.6 Å². The molecule has 0 radical (unpaired) electrons. The van der Waals surface area contributed by atoms with Crippen LogP contribution in [-0.4, -0.2) is 15.0 Å². The van der Waals surface area contributed by atoms with Gasteiger partial charge in [-0.2, -0.15) is 9.97 Å². The molecule has 0 saturated carbocycles. The fourth-order valence-corrected chi connectivity index (χ4v) is 3.85. The molecular weight excluding hydrogens is 402 g/mol. The first kappa shape index (κ1) is 19.2. The molecule has 1 heterocycles. The van der Waals surface area contributed by atoms with Crippen molar-refractivity contribution < 1.29 is 0 Å². The third-order valence-corrected chi connectivity index (χ3v) is 5.28. The maximum atomic E-state index is 6.31. The van der Waals surface area contributed by atoms with E-state index >= 15 is 0 Å². The summed E-state index contributed by atoms with van der Waals surface area (Å²) in [5.41, 5.74) is 6.28. The zero-order valence-electron chi connectivity index (χ0n) is 16.6. The molecule has 0 saturated heterocycles. The molecule has 148 valence electrons. The Kier molecular flexibility index (Phi) is 5.26. The van der Waals surface area contributed by atoms with E-state index < -0.39 is 0 Å². The van der Waals surface area contributed by atoms with E-state index in [0.717, 1.165) is 33.4 Å². The van der Waals surface area contributed by atoms with Crippen LogP contribution < -0.4 is 0 Å². The number of nitrogens with zero attached hydrogens (tertiary/aromatic N) is 3. The fourth-order valence-electron chi connectivity index (χ4n) is 3.69. The molecule has 0 bridgehead atoms. The summed E-state index contributed by atoms with van der Waals surface area (Å²) >= 11 is 6.31. The second-order valence-corrected chi connectivity index (χ2v) is 7.41. The van der Waals surface area contributed by atoms with Crippen LogP contribution in [0.1, 0.15) is 0 Å². The van der Waals surface area contributed by atoms with Crippen LogP contribution in [-0.2, 0) is 0 Å². The van der Waals surface area contributed by atoms with Gasteiger partial charge in [0.05, 0.1) is 0 Å². The largest absolute Gasteiger partial charge is 0.226 e. The molecule has 0 N–H and O–H groups in total. The van der Waals surface area contributed by atoms with E-state index in [2.05, 4.69) is 58.5 Å². The van der Waals surface area contributed by atoms with Gasteiger partial charge in [0.15, 0.2) is 11.6 Å². The number of hydrogen-bond donors (Lipinski definition) is 0. The standard InChI is InChI=1S/C27H18ClN3/c28-27-30-25(20-13-5-2-6-14-20)29-26(31-27)24-18-10-9-17-23(24)22-16-8-7-15-21(22)19-11-3-1-4-12-19/h1-18H. The lowest BCUT2D eigenvalue weighted by atomic mass is 9.91. The zero-order valence-corrected chi connectivity index (χ0v) is 17.4. The monoisotopic (exact) mass is 419 g/mol. The molecule has 0 atom stereocenters. The van der Waals surface area contributed by atoms with Crippen molar-refractivity contribution in [2.75, 3.05) is 0 Å². The Morgan fingerprint density at radius 1 is 0.387 bits per heavy atom. The minimum Gasteiger partial charge on any atom is -0.208 e. The van der Waals surface area contributed by atoms with Gasteiger partial charge in [0.25, 0.3) is 0 Å². The molecule has 1 aromatic heterocycles. The van der Waals surface area contributed by atoms with Gasteiger partial charge < -0.3 is 0 Å². The highest BCUT2D eigenvalue weighted by atomic mass is 35.5. The first-order chi connectivity index (χ1) is 15.3. The van der Waals surface area contributed by atoms with Gasteiger partial charge >= 0.3 is 0 Å². The van der Waals surface area contributed by atoms with Crippen LogP contribution in [0.15, 0.2) is 109 Å². The summed E-state index contributed by atoms with van der Waals surface area (Å²) in [6.07, 6.45) is 0. The molecule has 0 aliphatic rings. The van der Waals surface area contributed by atoms with Crippen LogP contribution in [0.2, 0.25) is 5.28 Å². The molecule has 0 fully saturated rings. The Labute approximate surface area is 186 Å². The highest BCUT2D eigenvalue weighted by Gasteiger charge is 2.15. The summed E-state index contributed by atoms with van der Waals surface area (Å²) in [6.45, 7) is 0. The number of halogens is 1. The molecule has 0 aliphatic carbocycles. The number of benzene rings is 4. The molecule has 0 amide bonds. The maximum Gasteiger partial charge on any atom is 0.226 e. The minimum absolute atomic E-state index is 0.176. The van der Waals surface area contributed by atoms with Crippen LogP contribution in [0.3, 0.4) is 0 Å². The first-order valence-corrected chi connectivity index (χ1v) is 10.4. The molecule has 4 aromatic carbocycles. The van der Waals surface area contributed by atoms with Gasteiger partial charge in [0.1, 0.15) is 0 Å². The van der Waals surface area contributed by atoms with Crippen molar-refractivity contribution in [3.05, 3.63) is 114 Å². The smallest absolute Gasteiger partial charge is 0.208 e. The van der Waals surface area contributed by atoms with Crippen LogP contribution in [0.5, 0.6) is 0 Å². The topological polar surface area (TPSA) is 38.7 Å². The van der Waals surface area contributed by atoms with Gasteiger partial charge in [-0.15, -0.1) is 0 Å². The van der Waals surface area contributed by atoms with Crippen molar-refractivity contribution in [3.8, 4) is 45.0 Å². The summed E-state index contributed by atoms with van der Waals surface area (Å²) in [7, 11) is 0. The van der Waals surface area contributed by atoms with Crippen LogP contribution in [0.25, 0.3) is 45.0 Å². The summed E-state index contributed by atoms with van der Waals surface area (Å²) < 4.78 is 0. The van der Waals surface area contributed by atoms with Gasteiger partial charge in [-0.25, -0.2) is 4.98 Å². The molecule has 0 spiro atoms. The second kappa shape index (κ2) is 8.50. The van der Waals surface area contributed by atoms with Crippen molar-refractivity contribution in [1.82, 2.24) is 15.0 Å². The fraction of sp³-hybridized carbons (Fsp3) is 0. The van der Waals surface area contributed by atoms with Crippen LogP contribution in [0, 0.1) is 0 Å². The van der Waals surface area contributed by atoms with E-state index in [0.29, 0.717) is 11.6 Å². The molecular formula is C27H18ClN3. The normalized spacial score (nSPS) is 10.7. The van der Waals surface area contributed by atoms with E-state index in [-0.39, 0.29) is 5.28 Å². The molecule has 31 heavy (non-hydrogen) atoms. The van der Waals surface area contributed by atoms with Gasteiger partial charge in [-0.1, -0.05) is 109 Å². The quantitative estimate of drug-likeness (QED) is 0.309. The predicted octanol–water partition coefficient (Wildman–Crippen LogP) is 7.19. The Morgan fingerprint density at radius 3 is 1.48 bits per heavy atom. The average molecular weight is 420 g/mol. The van der Waals surface area contributed by atoms with Crippen molar-refractivity contribution in [3.63, 3.8) is 0 Å². The molecule has 5 rings (SSSR count). The molecule has 5 aromatic rings. The lowest BCUT2D eigenvalue weighted by Gasteiger charge is -2.14. The Hall–Kier alpha value is -3.82.